The molecule has 0 saturated carbocycles. The lowest BCUT2D eigenvalue weighted by Gasteiger charge is -2.17. The van der Waals surface area contributed by atoms with E-state index in [1.165, 1.54) is 12.1 Å². The van der Waals surface area contributed by atoms with Crippen LogP contribution < -0.4 is 5.32 Å². The highest BCUT2D eigenvalue weighted by Gasteiger charge is 2.18. The summed E-state index contributed by atoms with van der Waals surface area (Å²) in [5.41, 5.74) is 6.94. The van der Waals surface area contributed by atoms with Crippen LogP contribution in [0.15, 0.2) is 73.3 Å². The largest absolute Gasteiger partial charge is 0.335 e. The van der Waals surface area contributed by atoms with Crippen LogP contribution in [-0.2, 0) is 4.79 Å². The minimum Gasteiger partial charge on any atom is -0.335 e. The van der Waals surface area contributed by atoms with Crippen molar-refractivity contribution in [3.05, 3.63) is 79.1 Å². The number of carbonyl (C=O) groups is 1. The van der Waals surface area contributed by atoms with Crippen LogP contribution in [0.3, 0.4) is 0 Å². The normalized spacial score (nSPS) is 11.8. The van der Waals surface area contributed by atoms with E-state index >= 15 is 0 Å². The molecule has 0 aliphatic carbocycles. The zero-order valence-electron chi connectivity index (χ0n) is 21.7. The Hall–Kier alpha value is -4.92. The maximum atomic E-state index is 13.5. The number of hydrogen-bond acceptors (Lipinski definition) is 5. The molecule has 9 heteroatoms. The molecule has 0 spiro atoms. The van der Waals surface area contributed by atoms with Gasteiger partial charge in [-0.2, -0.15) is 5.10 Å². The van der Waals surface area contributed by atoms with Crippen LogP contribution in [0, 0.1) is 11.2 Å². The van der Waals surface area contributed by atoms with Crippen molar-refractivity contribution in [1.82, 2.24) is 30.1 Å². The number of pyridine rings is 2. The van der Waals surface area contributed by atoms with E-state index in [0.717, 1.165) is 44.2 Å². The van der Waals surface area contributed by atoms with E-state index in [1.54, 1.807) is 36.9 Å². The van der Waals surface area contributed by atoms with E-state index in [-0.39, 0.29) is 17.1 Å². The third-order valence-electron chi connectivity index (χ3n) is 6.38. The monoisotopic (exact) mass is 519 g/mol. The van der Waals surface area contributed by atoms with Gasteiger partial charge >= 0.3 is 0 Å². The van der Waals surface area contributed by atoms with Crippen molar-refractivity contribution in [3.8, 4) is 33.8 Å². The Morgan fingerprint density at radius 3 is 2.46 bits per heavy atom. The van der Waals surface area contributed by atoms with Gasteiger partial charge in [-0.3, -0.25) is 19.9 Å². The van der Waals surface area contributed by atoms with E-state index in [0.29, 0.717) is 23.6 Å². The van der Waals surface area contributed by atoms with E-state index in [2.05, 4.69) is 30.5 Å². The van der Waals surface area contributed by atoms with E-state index in [4.69, 9.17) is 4.98 Å². The molecule has 4 aromatic heterocycles. The smallest absolute Gasteiger partial charge is 0.224 e. The number of amides is 1. The maximum absolute atomic E-state index is 13.5. The van der Waals surface area contributed by atoms with Crippen molar-refractivity contribution in [2.75, 3.05) is 5.32 Å². The van der Waals surface area contributed by atoms with Gasteiger partial charge in [0.1, 0.15) is 11.5 Å². The molecule has 194 valence electrons. The van der Waals surface area contributed by atoms with Crippen LogP contribution in [-0.4, -0.2) is 36.0 Å². The SMILES string of the molecule is CC(C)(C)CC(=O)Nc1cncc(-c2ccc3[nH]nc(-c4nc5c(-c6ccc(F)cc6)cncc5[nH]4)c3c2)c1. The number of halogens is 1. The second kappa shape index (κ2) is 9.43. The summed E-state index contributed by atoms with van der Waals surface area (Å²) in [4.78, 5) is 29.3. The fourth-order valence-corrected chi connectivity index (χ4v) is 4.61. The lowest BCUT2D eigenvalue weighted by atomic mass is 9.92. The van der Waals surface area contributed by atoms with Crippen molar-refractivity contribution in [2.45, 2.75) is 27.2 Å². The van der Waals surface area contributed by atoms with Gasteiger partial charge < -0.3 is 10.3 Å². The standard InChI is InChI=1S/C30H26FN7O/c1-30(2,3)12-26(39)34-21-10-19(13-32-14-21)18-6-9-24-22(11-18)28(38-37-24)29-35-25-16-33-15-23(27(25)36-29)17-4-7-20(31)8-5-17/h4-11,13-16H,12H2,1-3H3,(H,34,39)(H,35,36)(H,37,38). The number of fused-ring (bicyclic) bond motifs is 2. The molecule has 8 nitrogen and oxygen atoms in total. The van der Waals surface area contributed by atoms with Crippen LogP contribution in [0.25, 0.3) is 55.7 Å². The fourth-order valence-electron chi connectivity index (χ4n) is 4.61. The summed E-state index contributed by atoms with van der Waals surface area (Å²) in [6.45, 7) is 6.09. The van der Waals surface area contributed by atoms with Crippen LogP contribution in [0.1, 0.15) is 27.2 Å². The first-order valence-corrected chi connectivity index (χ1v) is 12.6. The minimum atomic E-state index is -0.298. The molecular weight excluding hydrogens is 493 g/mol. The van der Waals surface area contributed by atoms with Gasteiger partial charge in [0.05, 0.1) is 34.6 Å². The minimum absolute atomic E-state index is 0.0478. The van der Waals surface area contributed by atoms with Gasteiger partial charge in [-0.1, -0.05) is 39.0 Å². The van der Waals surface area contributed by atoms with Crippen LogP contribution in [0.2, 0.25) is 0 Å². The average molecular weight is 520 g/mol. The zero-order chi connectivity index (χ0) is 27.1. The average Bonchev–Trinajstić information content (AvgIpc) is 3.52. The Bertz CT molecular complexity index is 1830. The number of benzene rings is 2. The highest BCUT2D eigenvalue weighted by Crippen LogP contribution is 2.33. The molecule has 6 aromatic rings. The van der Waals surface area contributed by atoms with Gasteiger partial charge in [-0.25, -0.2) is 9.37 Å². The van der Waals surface area contributed by atoms with Crippen LogP contribution in [0.5, 0.6) is 0 Å². The highest BCUT2D eigenvalue weighted by atomic mass is 19.1. The molecule has 0 saturated heterocycles. The third-order valence-corrected chi connectivity index (χ3v) is 6.38. The van der Waals surface area contributed by atoms with Gasteiger partial charge in [0.15, 0.2) is 5.82 Å². The summed E-state index contributed by atoms with van der Waals surface area (Å²) in [7, 11) is 0. The molecule has 0 aliphatic heterocycles. The number of nitrogens with one attached hydrogen (secondary N) is 3. The second-order valence-electron chi connectivity index (χ2n) is 10.8. The first-order chi connectivity index (χ1) is 18.7. The Kier molecular flexibility index (Phi) is 5.91. The molecule has 0 aliphatic rings. The molecule has 4 heterocycles. The predicted molar refractivity (Wildman–Crippen MR) is 150 cm³/mol. The molecule has 1 amide bonds. The van der Waals surface area contributed by atoms with Crippen LogP contribution >= 0.6 is 0 Å². The molecule has 0 bridgehead atoms. The fraction of sp³-hybridized carbons (Fsp3) is 0.167. The molecule has 3 N–H and O–H groups in total. The number of imidazole rings is 1. The van der Waals surface area contributed by atoms with Gasteiger partial charge in [0, 0.05) is 35.3 Å². The molecule has 0 fully saturated rings. The lowest BCUT2D eigenvalue weighted by molar-refractivity contribution is -0.117. The summed E-state index contributed by atoms with van der Waals surface area (Å²) in [5, 5.41) is 11.5. The Morgan fingerprint density at radius 1 is 0.897 bits per heavy atom. The predicted octanol–water partition coefficient (Wildman–Crippen LogP) is 6.74. The van der Waals surface area contributed by atoms with Gasteiger partial charge in [0.25, 0.3) is 0 Å². The third kappa shape index (κ3) is 4.98. The van der Waals surface area contributed by atoms with Crippen molar-refractivity contribution in [2.24, 2.45) is 5.41 Å². The van der Waals surface area contributed by atoms with Crippen molar-refractivity contribution in [1.29, 1.82) is 0 Å². The quantitative estimate of drug-likeness (QED) is 0.233. The van der Waals surface area contributed by atoms with E-state index in [9.17, 15) is 9.18 Å². The number of carbonyl (C=O) groups excluding carboxylic acids is 1. The number of nitrogens with zero attached hydrogens (tertiary/aromatic N) is 4. The summed E-state index contributed by atoms with van der Waals surface area (Å²) in [6, 6.07) is 14.1. The van der Waals surface area contributed by atoms with E-state index < -0.39 is 0 Å². The van der Waals surface area contributed by atoms with Crippen molar-refractivity contribution >= 4 is 33.5 Å². The molecule has 0 unspecified atom stereocenters. The molecule has 39 heavy (non-hydrogen) atoms. The van der Waals surface area contributed by atoms with Gasteiger partial charge in [-0.15, -0.1) is 0 Å². The summed E-state index contributed by atoms with van der Waals surface area (Å²) in [6.07, 6.45) is 7.26. The first kappa shape index (κ1) is 24.4. The molecular formula is C30H26FN7O. The maximum Gasteiger partial charge on any atom is 0.224 e. The Labute approximate surface area is 223 Å². The Balaban J connectivity index is 1.36. The topological polar surface area (TPSA) is 112 Å². The zero-order valence-corrected chi connectivity index (χ0v) is 21.7. The molecule has 0 radical (unpaired) electrons. The van der Waals surface area contributed by atoms with E-state index in [1.807, 2.05) is 45.0 Å². The highest BCUT2D eigenvalue weighted by molar-refractivity contribution is 5.98. The van der Waals surface area contributed by atoms with Crippen molar-refractivity contribution < 1.29 is 9.18 Å². The van der Waals surface area contributed by atoms with Gasteiger partial charge in [-0.05, 0) is 46.9 Å². The summed E-state index contributed by atoms with van der Waals surface area (Å²) >= 11 is 0. The Morgan fingerprint density at radius 2 is 1.67 bits per heavy atom. The number of hydrogen-bond donors (Lipinski definition) is 3. The first-order valence-electron chi connectivity index (χ1n) is 12.6. The summed E-state index contributed by atoms with van der Waals surface area (Å²) in [5.74, 6) is 0.243. The summed E-state index contributed by atoms with van der Waals surface area (Å²) < 4.78 is 13.5. The second-order valence-corrected chi connectivity index (χ2v) is 10.8. The number of H-pyrrole nitrogens is 2. The molecule has 6 rings (SSSR count). The number of anilines is 1. The lowest BCUT2D eigenvalue weighted by Crippen LogP contribution is -2.19. The molecule has 0 atom stereocenters. The van der Waals surface area contributed by atoms with Crippen molar-refractivity contribution in [3.63, 3.8) is 0 Å². The van der Waals surface area contributed by atoms with Crippen LogP contribution in [0.4, 0.5) is 10.1 Å². The van der Waals surface area contributed by atoms with Gasteiger partial charge in [0.2, 0.25) is 5.91 Å². The number of aromatic nitrogens is 6. The molecule has 2 aromatic carbocycles. The number of rotatable bonds is 5. The number of aromatic amines is 2.